The molecule has 2 aliphatic carbocycles. The third kappa shape index (κ3) is 6.00. The second-order valence-corrected chi connectivity index (χ2v) is 11.4. The number of rotatable bonds is 5. The summed E-state index contributed by atoms with van der Waals surface area (Å²) in [6.45, 7) is 9.09. The van der Waals surface area contributed by atoms with Crippen molar-refractivity contribution in [1.82, 2.24) is 0 Å². The van der Waals surface area contributed by atoms with E-state index in [4.69, 9.17) is 9.47 Å². The van der Waals surface area contributed by atoms with Crippen molar-refractivity contribution in [2.75, 3.05) is 13.2 Å². The van der Waals surface area contributed by atoms with E-state index in [9.17, 15) is 35.7 Å². The molecule has 3 rings (SSSR count). The van der Waals surface area contributed by atoms with E-state index < -0.39 is 60.5 Å². The molecule has 0 bridgehead atoms. The van der Waals surface area contributed by atoms with E-state index >= 15 is 0 Å². The highest BCUT2D eigenvalue weighted by molar-refractivity contribution is 5.16. The lowest BCUT2D eigenvalue weighted by Crippen LogP contribution is -2.59. The minimum absolute atomic E-state index is 0.00328. The summed E-state index contributed by atoms with van der Waals surface area (Å²) < 4.78 is 11.6. The first kappa shape index (κ1) is 28.7. The minimum atomic E-state index is -1.54. The molecule has 0 amide bonds. The Labute approximate surface area is 207 Å². The smallest absolute Gasteiger partial charge is 0.187 e. The number of hydrogen-bond donors (Lipinski definition) is 7. The Balaban J connectivity index is 1.86. The minimum Gasteiger partial charge on any atom is -0.394 e. The average Bonchev–Trinajstić information content (AvgIpc) is 3.15. The molecule has 3 aliphatic rings. The molecule has 0 aromatic carbocycles. The fraction of sp³-hybridized carbons (Fsp3) is 0.846. The van der Waals surface area contributed by atoms with Crippen LogP contribution in [0, 0.1) is 17.3 Å². The highest BCUT2D eigenvalue weighted by Crippen LogP contribution is 2.55. The normalized spacial score (nSPS) is 45.4. The summed E-state index contributed by atoms with van der Waals surface area (Å²) in [6.07, 6.45) is -3.03. The van der Waals surface area contributed by atoms with Gasteiger partial charge < -0.3 is 45.2 Å². The van der Waals surface area contributed by atoms with Crippen molar-refractivity contribution in [3.8, 4) is 0 Å². The Morgan fingerprint density at radius 3 is 2.34 bits per heavy atom. The zero-order chi connectivity index (χ0) is 26.1. The third-order valence-corrected chi connectivity index (χ3v) is 8.61. The van der Waals surface area contributed by atoms with Crippen LogP contribution in [0.25, 0.3) is 0 Å². The first-order valence-corrected chi connectivity index (χ1v) is 12.7. The fourth-order valence-electron chi connectivity index (χ4n) is 6.21. The van der Waals surface area contributed by atoms with E-state index in [1.54, 1.807) is 19.9 Å². The molecule has 1 aliphatic heterocycles. The van der Waals surface area contributed by atoms with Crippen LogP contribution in [-0.2, 0) is 9.47 Å². The summed E-state index contributed by atoms with van der Waals surface area (Å²) in [5, 5.41) is 72.2. The SMILES string of the molecule is C=C1CC[C@H]2[C@H](C(C)(C)O)CC[C@]2(C)[C@@H](O)/C=C(\CO)CC[C@H]1O[C@@H]1O[C@H](CO)[C@@H](O)[C@H](O)[C@H]1O. The zero-order valence-electron chi connectivity index (χ0n) is 21.1. The lowest BCUT2D eigenvalue weighted by Gasteiger charge is -2.42. The third-order valence-electron chi connectivity index (χ3n) is 8.61. The standard InChI is InChI=1S/C26H44O9/c1-14-5-7-17-16(25(2,3)33)9-10-26(17,4)20(29)11-15(12-27)6-8-18(14)34-24-23(32)22(31)21(30)19(13-28)35-24/h11,16-24,27-33H,1,5-10,12-13H2,2-4H3/b15-11-/t16-,17+,18-,19-,20+,21-,22+,23-,24-,26+/m1/s1. The van der Waals surface area contributed by atoms with Gasteiger partial charge in [0.25, 0.3) is 0 Å². The summed E-state index contributed by atoms with van der Waals surface area (Å²) in [4.78, 5) is 0. The van der Waals surface area contributed by atoms with Gasteiger partial charge in [-0.25, -0.2) is 0 Å². The number of ether oxygens (including phenoxy) is 2. The Hall–Kier alpha value is -0.880. The molecule has 1 saturated carbocycles. The molecule has 0 aromatic heterocycles. The van der Waals surface area contributed by atoms with E-state index in [2.05, 4.69) is 6.58 Å². The maximum Gasteiger partial charge on any atom is 0.187 e. The second-order valence-electron chi connectivity index (χ2n) is 11.4. The Morgan fingerprint density at radius 1 is 1.06 bits per heavy atom. The highest BCUT2D eigenvalue weighted by Gasteiger charge is 2.52. The number of aliphatic hydroxyl groups is 7. The Morgan fingerprint density at radius 2 is 1.74 bits per heavy atom. The summed E-state index contributed by atoms with van der Waals surface area (Å²) in [5.74, 6) is -0.0250. The van der Waals surface area contributed by atoms with Gasteiger partial charge in [-0.2, -0.15) is 0 Å². The van der Waals surface area contributed by atoms with Crippen LogP contribution in [0.3, 0.4) is 0 Å². The van der Waals surface area contributed by atoms with Gasteiger partial charge in [0.15, 0.2) is 6.29 Å². The average molecular weight is 501 g/mol. The van der Waals surface area contributed by atoms with Gasteiger partial charge in [-0.05, 0) is 75.4 Å². The summed E-state index contributed by atoms with van der Waals surface area (Å²) in [6, 6.07) is 0. The fourth-order valence-corrected chi connectivity index (χ4v) is 6.21. The van der Waals surface area contributed by atoms with Crippen LogP contribution >= 0.6 is 0 Å². The van der Waals surface area contributed by atoms with E-state index in [1.165, 1.54) is 0 Å². The zero-order valence-corrected chi connectivity index (χ0v) is 21.1. The van der Waals surface area contributed by atoms with E-state index in [0.29, 0.717) is 31.3 Å². The van der Waals surface area contributed by atoms with Crippen LogP contribution in [0.5, 0.6) is 0 Å². The van der Waals surface area contributed by atoms with Gasteiger partial charge in [0.2, 0.25) is 0 Å². The van der Waals surface area contributed by atoms with Gasteiger partial charge in [0.1, 0.15) is 24.4 Å². The van der Waals surface area contributed by atoms with Crippen molar-refractivity contribution < 1.29 is 45.2 Å². The summed E-state index contributed by atoms with van der Waals surface area (Å²) in [5.41, 5.74) is 0.00334. The largest absolute Gasteiger partial charge is 0.394 e. The molecule has 202 valence electrons. The molecule has 0 aromatic rings. The highest BCUT2D eigenvalue weighted by atomic mass is 16.7. The van der Waals surface area contributed by atoms with Gasteiger partial charge in [0, 0.05) is 5.41 Å². The van der Waals surface area contributed by atoms with Gasteiger partial charge in [-0.15, -0.1) is 0 Å². The van der Waals surface area contributed by atoms with Gasteiger partial charge in [0.05, 0.1) is 31.0 Å². The molecule has 2 fully saturated rings. The molecule has 7 N–H and O–H groups in total. The molecule has 1 saturated heterocycles. The van der Waals surface area contributed by atoms with E-state index in [1.807, 2.05) is 6.92 Å². The van der Waals surface area contributed by atoms with Crippen LogP contribution in [0.4, 0.5) is 0 Å². The number of aliphatic hydroxyl groups excluding tert-OH is 6. The van der Waals surface area contributed by atoms with Crippen molar-refractivity contribution >= 4 is 0 Å². The molecule has 0 spiro atoms. The van der Waals surface area contributed by atoms with Crippen LogP contribution in [0.1, 0.15) is 59.3 Å². The second kappa shape index (κ2) is 11.2. The number of fused-ring (bicyclic) bond motifs is 1. The van der Waals surface area contributed by atoms with Gasteiger partial charge in [-0.1, -0.05) is 19.6 Å². The first-order chi connectivity index (χ1) is 16.3. The number of hydrogen-bond acceptors (Lipinski definition) is 9. The molecule has 0 unspecified atom stereocenters. The van der Waals surface area contributed by atoms with Crippen molar-refractivity contribution in [3.63, 3.8) is 0 Å². The lowest BCUT2D eigenvalue weighted by molar-refractivity contribution is -0.308. The van der Waals surface area contributed by atoms with E-state index in [0.717, 1.165) is 18.4 Å². The Bertz CT molecular complexity index is 760. The van der Waals surface area contributed by atoms with Gasteiger partial charge >= 0.3 is 0 Å². The van der Waals surface area contributed by atoms with Crippen molar-refractivity contribution in [1.29, 1.82) is 0 Å². The van der Waals surface area contributed by atoms with Crippen LogP contribution < -0.4 is 0 Å². The van der Waals surface area contributed by atoms with Crippen LogP contribution in [0.2, 0.25) is 0 Å². The molecule has 10 atom stereocenters. The predicted molar refractivity (Wildman–Crippen MR) is 128 cm³/mol. The molecule has 9 heteroatoms. The van der Waals surface area contributed by atoms with Crippen molar-refractivity contribution in [3.05, 3.63) is 23.8 Å². The first-order valence-electron chi connectivity index (χ1n) is 12.7. The van der Waals surface area contributed by atoms with Crippen molar-refractivity contribution in [2.45, 2.75) is 108 Å². The van der Waals surface area contributed by atoms with Crippen LogP contribution in [-0.4, -0.2) is 97.5 Å². The Kier molecular flexibility index (Phi) is 9.22. The molecular weight excluding hydrogens is 456 g/mol. The molecular formula is C26H44O9. The lowest BCUT2D eigenvalue weighted by atomic mass is 9.67. The van der Waals surface area contributed by atoms with Gasteiger partial charge in [-0.3, -0.25) is 0 Å². The quantitative estimate of drug-likeness (QED) is 0.265. The monoisotopic (exact) mass is 500 g/mol. The molecule has 9 nitrogen and oxygen atoms in total. The van der Waals surface area contributed by atoms with Crippen molar-refractivity contribution in [2.24, 2.45) is 17.3 Å². The maximum absolute atomic E-state index is 11.2. The molecule has 35 heavy (non-hydrogen) atoms. The van der Waals surface area contributed by atoms with Crippen LogP contribution in [0.15, 0.2) is 23.8 Å². The topological polar surface area (TPSA) is 160 Å². The predicted octanol–water partition coefficient (Wildman–Crippen LogP) is 0.385. The molecule has 0 radical (unpaired) electrons. The summed E-state index contributed by atoms with van der Waals surface area (Å²) in [7, 11) is 0. The van der Waals surface area contributed by atoms with E-state index in [-0.39, 0.29) is 18.4 Å². The summed E-state index contributed by atoms with van der Waals surface area (Å²) >= 11 is 0. The maximum atomic E-state index is 11.2. The molecule has 1 heterocycles.